The van der Waals surface area contributed by atoms with Gasteiger partial charge in [0.1, 0.15) is 0 Å². The number of likely N-dealkylation sites (tertiary alicyclic amines) is 1. The Hall–Kier alpha value is -0.300. The van der Waals surface area contributed by atoms with E-state index in [1.54, 1.807) is 0 Å². The zero-order valence-corrected chi connectivity index (χ0v) is 10.6. The Morgan fingerprint density at radius 3 is 2.80 bits per heavy atom. The monoisotopic (exact) mass is 207 g/mol. The molecule has 1 aliphatic carbocycles. The third-order valence-corrected chi connectivity index (χ3v) is 4.86. The summed E-state index contributed by atoms with van der Waals surface area (Å²) in [6.07, 6.45) is 6.95. The summed E-state index contributed by atoms with van der Waals surface area (Å²) in [6, 6.07) is 0.807. The number of piperidine rings is 1. The topological polar surface area (TPSA) is 3.24 Å². The number of hydrogen-bond donors (Lipinski definition) is 0. The fourth-order valence-electron chi connectivity index (χ4n) is 3.68. The summed E-state index contributed by atoms with van der Waals surface area (Å²) in [5, 5.41) is 0. The molecule has 2 rings (SSSR count). The van der Waals surface area contributed by atoms with Crippen LogP contribution in [0.3, 0.4) is 0 Å². The van der Waals surface area contributed by atoms with Crippen LogP contribution >= 0.6 is 0 Å². The highest BCUT2D eigenvalue weighted by molar-refractivity contribution is 5.05. The Kier molecular flexibility index (Phi) is 2.94. The standard InChI is InChI=1S/C14H25N/c1-11(2)12-6-8-14(3)7-5-9-15(4)13(14)10-12/h12-13H,1,5-10H2,2-4H3/t12-,13+,14+/m0/s1. The summed E-state index contributed by atoms with van der Waals surface area (Å²) in [5.41, 5.74) is 2.00. The van der Waals surface area contributed by atoms with Gasteiger partial charge >= 0.3 is 0 Å². The Morgan fingerprint density at radius 2 is 2.13 bits per heavy atom. The van der Waals surface area contributed by atoms with Gasteiger partial charge in [-0.1, -0.05) is 19.1 Å². The maximum Gasteiger partial charge on any atom is 0.0152 e. The van der Waals surface area contributed by atoms with Crippen molar-refractivity contribution in [1.82, 2.24) is 4.90 Å². The molecule has 1 aliphatic heterocycles. The lowest BCUT2D eigenvalue weighted by Crippen LogP contribution is -2.52. The normalized spacial score (nSPS) is 42.3. The van der Waals surface area contributed by atoms with E-state index < -0.39 is 0 Å². The molecule has 3 atom stereocenters. The zero-order chi connectivity index (χ0) is 11.1. The van der Waals surface area contributed by atoms with E-state index in [9.17, 15) is 0 Å². The smallest absolute Gasteiger partial charge is 0.0152 e. The van der Waals surface area contributed by atoms with E-state index in [4.69, 9.17) is 0 Å². The van der Waals surface area contributed by atoms with Gasteiger partial charge in [-0.25, -0.2) is 0 Å². The molecule has 0 bridgehead atoms. The largest absolute Gasteiger partial charge is 0.303 e. The molecular weight excluding hydrogens is 182 g/mol. The number of fused-ring (bicyclic) bond motifs is 1. The zero-order valence-electron chi connectivity index (χ0n) is 10.6. The van der Waals surface area contributed by atoms with Crippen molar-refractivity contribution >= 4 is 0 Å². The van der Waals surface area contributed by atoms with Gasteiger partial charge in [0.05, 0.1) is 0 Å². The van der Waals surface area contributed by atoms with Crippen molar-refractivity contribution in [3.63, 3.8) is 0 Å². The van der Waals surface area contributed by atoms with Gasteiger partial charge in [0.15, 0.2) is 0 Å². The fourth-order valence-corrected chi connectivity index (χ4v) is 3.68. The quantitative estimate of drug-likeness (QED) is 0.595. The Bertz CT molecular complexity index is 258. The third kappa shape index (κ3) is 1.99. The molecule has 0 aromatic heterocycles. The minimum atomic E-state index is 0.596. The maximum atomic E-state index is 4.15. The van der Waals surface area contributed by atoms with Crippen molar-refractivity contribution < 1.29 is 0 Å². The predicted octanol–water partition coefficient (Wildman–Crippen LogP) is 3.46. The maximum absolute atomic E-state index is 4.15. The molecule has 0 unspecified atom stereocenters. The minimum absolute atomic E-state index is 0.596. The number of allylic oxidation sites excluding steroid dienone is 1. The molecule has 1 saturated carbocycles. The van der Waals surface area contributed by atoms with Crippen LogP contribution in [0.25, 0.3) is 0 Å². The molecule has 0 spiro atoms. The van der Waals surface area contributed by atoms with Gasteiger partial charge in [0, 0.05) is 6.04 Å². The van der Waals surface area contributed by atoms with Gasteiger partial charge < -0.3 is 4.90 Å². The molecule has 0 aromatic rings. The lowest BCUT2D eigenvalue weighted by Gasteiger charge is -2.52. The average Bonchev–Trinajstić information content (AvgIpc) is 2.17. The van der Waals surface area contributed by atoms with Gasteiger partial charge in [-0.2, -0.15) is 0 Å². The van der Waals surface area contributed by atoms with Gasteiger partial charge in [-0.05, 0) is 64.0 Å². The molecule has 86 valence electrons. The molecule has 0 radical (unpaired) electrons. The molecule has 0 amide bonds. The van der Waals surface area contributed by atoms with Crippen molar-refractivity contribution in [2.75, 3.05) is 13.6 Å². The molecule has 15 heavy (non-hydrogen) atoms. The van der Waals surface area contributed by atoms with Crippen LogP contribution in [0.5, 0.6) is 0 Å². The first-order chi connectivity index (χ1) is 7.03. The Balaban J connectivity index is 2.12. The summed E-state index contributed by atoms with van der Waals surface area (Å²) >= 11 is 0. The minimum Gasteiger partial charge on any atom is -0.303 e. The van der Waals surface area contributed by atoms with Crippen LogP contribution in [0, 0.1) is 11.3 Å². The second kappa shape index (κ2) is 3.93. The summed E-state index contributed by atoms with van der Waals surface area (Å²) in [4.78, 5) is 2.60. The van der Waals surface area contributed by atoms with E-state index >= 15 is 0 Å². The van der Waals surface area contributed by atoms with Crippen LogP contribution in [-0.2, 0) is 0 Å². The predicted molar refractivity (Wildman–Crippen MR) is 65.9 cm³/mol. The molecule has 2 aliphatic rings. The Labute approximate surface area is 94.5 Å². The fraction of sp³-hybridized carbons (Fsp3) is 0.857. The third-order valence-electron chi connectivity index (χ3n) is 4.86. The molecule has 0 aromatic carbocycles. The van der Waals surface area contributed by atoms with Crippen molar-refractivity contribution in [1.29, 1.82) is 0 Å². The summed E-state index contributed by atoms with van der Waals surface area (Å²) in [7, 11) is 2.31. The highest BCUT2D eigenvalue weighted by atomic mass is 15.1. The van der Waals surface area contributed by atoms with E-state index in [1.807, 2.05) is 0 Å². The molecule has 1 heterocycles. The number of rotatable bonds is 1. The van der Waals surface area contributed by atoms with Crippen LogP contribution < -0.4 is 0 Å². The van der Waals surface area contributed by atoms with Gasteiger partial charge in [-0.15, -0.1) is 0 Å². The SMILES string of the molecule is C=C(C)[C@H]1CC[C@@]2(C)CCCN(C)[C@@H]2C1. The second-order valence-corrected chi connectivity index (χ2v) is 6.07. The molecule has 1 heteroatoms. The molecular formula is C14H25N. The lowest BCUT2D eigenvalue weighted by atomic mass is 9.63. The van der Waals surface area contributed by atoms with Gasteiger partial charge in [0.2, 0.25) is 0 Å². The van der Waals surface area contributed by atoms with Crippen molar-refractivity contribution in [2.24, 2.45) is 11.3 Å². The summed E-state index contributed by atoms with van der Waals surface area (Å²) in [5.74, 6) is 0.781. The molecule has 1 saturated heterocycles. The van der Waals surface area contributed by atoms with E-state index in [1.165, 1.54) is 44.2 Å². The van der Waals surface area contributed by atoms with E-state index in [-0.39, 0.29) is 0 Å². The van der Waals surface area contributed by atoms with Gasteiger partial charge in [0.25, 0.3) is 0 Å². The highest BCUT2D eigenvalue weighted by Crippen LogP contribution is 2.47. The molecule has 1 nitrogen and oxygen atoms in total. The first-order valence-electron chi connectivity index (χ1n) is 6.38. The first kappa shape index (κ1) is 11.2. The average molecular weight is 207 g/mol. The summed E-state index contributed by atoms with van der Waals surface area (Å²) < 4.78 is 0. The first-order valence-corrected chi connectivity index (χ1v) is 6.38. The van der Waals surface area contributed by atoms with Gasteiger partial charge in [-0.3, -0.25) is 0 Å². The van der Waals surface area contributed by atoms with Crippen LogP contribution in [-0.4, -0.2) is 24.5 Å². The van der Waals surface area contributed by atoms with Crippen LogP contribution in [0.15, 0.2) is 12.2 Å². The summed E-state index contributed by atoms with van der Waals surface area (Å²) in [6.45, 7) is 10.1. The second-order valence-electron chi connectivity index (χ2n) is 6.07. The molecule has 0 N–H and O–H groups in total. The lowest BCUT2D eigenvalue weighted by molar-refractivity contribution is -0.00381. The van der Waals surface area contributed by atoms with Crippen LogP contribution in [0.2, 0.25) is 0 Å². The Morgan fingerprint density at radius 1 is 1.40 bits per heavy atom. The number of hydrogen-bond acceptors (Lipinski definition) is 1. The highest BCUT2D eigenvalue weighted by Gasteiger charge is 2.43. The van der Waals surface area contributed by atoms with Crippen molar-refractivity contribution in [2.45, 2.75) is 52.0 Å². The van der Waals surface area contributed by atoms with E-state index in [0.29, 0.717) is 5.41 Å². The van der Waals surface area contributed by atoms with Crippen LogP contribution in [0.4, 0.5) is 0 Å². The molecule has 2 fully saturated rings. The number of nitrogens with zero attached hydrogens (tertiary/aromatic N) is 1. The van der Waals surface area contributed by atoms with Crippen molar-refractivity contribution in [3.8, 4) is 0 Å². The van der Waals surface area contributed by atoms with Crippen molar-refractivity contribution in [3.05, 3.63) is 12.2 Å². The van der Waals surface area contributed by atoms with Crippen LogP contribution in [0.1, 0.15) is 46.0 Å². The van der Waals surface area contributed by atoms with E-state index in [2.05, 4.69) is 32.4 Å². The van der Waals surface area contributed by atoms with E-state index in [0.717, 1.165) is 12.0 Å².